The van der Waals surface area contributed by atoms with Crippen molar-refractivity contribution in [3.05, 3.63) is 28.5 Å². The second-order valence-electron chi connectivity index (χ2n) is 4.94. The zero-order valence-electron chi connectivity index (χ0n) is 9.90. The largest absolute Gasteiger partial charge is 0.315 e. The fraction of sp³-hybridized carbons (Fsp3) is 0.615. The summed E-state index contributed by atoms with van der Waals surface area (Å²) in [5, 5.41) is 3.46. The third-order valence-electron chi connectivity index (χ3n) is 3.89. The molecule has 2 aliphatic heterocycles. The summed E-state index contributed by atoms with van der Waals surface area (Å²) in [5.41, 5.74) is 1.23. The van der Waals surface area contributed by atoms with Gasteiger partial charge in [-0.15, -0.1) is 0 Å². The molecule has 2 unspecified atom stereocenters. The number of halogens is 1. The van der Waals surface area contributed by atoms with E-state index in [-0.39, 0.29) is 0 Å². The van der Waals surface area contributed by atoms with E-state index in [1.165, 1.54) is 38.0 Å². The summed E-state index contributed by atoms with van der Waals surface area (Å²) >= 11 is 3.45. The minimum absolute atomic E-state index is 0.535. The van der Waals surface area contributed by atoms with Gasteiger partial charge < -0.3 is 5.32 Å². The maximum absolute atomic E-state index is 4.57. The number of nitrogens with one attached hydrogen (secondary N) is 1. The molecule has 0 spiro atoms. The highest BCUT2D eigenvalue weighted by atomic mass is 79.9. The molecule has 3 nitrogen and oxygen atoms in total. The van der Waals surface area contributed by atoms with Gasteiger partial charge in [0.1, 0.15) is 0 Å². The van der Waals surface area contributed by atoms with Crippen molar-refractivity contribution >= 4 is 15.9 Å². The van der Waals surface area contributed by atoms with Crippen molar-refractivity contribution in [2.24, 2.45) is 0 Å². The lowest BCUT2D eigenvalue weighted by Crippen LogP contribution is -2.36. The van der Waals surface area contributed by atoms with E-state index in [4.69, 9.17) is 0 Å². The molecule has 2 fully saturated rings. The van der Waals surface area contributed by atoms with Gasteiger partial charge in [-0.05, 0) is 60.4 Å². The first-order valence-corrected chi connectivity index (χ1v) is 7.22. The lowest BCUT2D eigenvalue weighted by atomic mass is 10.1. The fourth-order valence-corrected chi connectivity index (χ4v) is 3.29. The lowest BCUT2D eigenvalue weighted by Gasteiger charge is -2.29. The van der Waals surface area contributed by atoms with Crippen LogP contribution in [-0.2, 0) is 0 Å². The zero-order chi connectivity index (χ0) is 11.7. The van der Waals surface area contributed by atoms with Gasteiger partial charge >= 0.3 is 0 Å². The van der Waals surface area contributed by atoms with Crippen LogP contribution in [-0.4, -0.2) is 35.6 Å². The predicted molar refractivity (Wildman–Crippen MR) is 71.9 cm³/mol. The Balaban J connectivity index is 1.78. The van der Waals surface area contributed by atoms with Crippen LogP contribution >= 0.6 is 15.9 Å². The molecule has 0 aromatic carbocycles. The molecule has 0 saturated carbocycles. The van der Waals surface area contributed by atoms with Crippen molar-refractivity contribution in [2.75, 3.05) is 19.6 Å². The SMILES string of the molecule is Brc1ccc(C2CCCN2C2CCNC2)nc1. The van der Waals surface area contributed by atoms with Gasteiger partial charge in [-0.1, -0.05) is 0 Å². The van der Waals surface area contributed by atoms with Crippen LogP contribution in [0.1, 0.15) is 31.0 Å². The van der Waals surface area contributed by atoms with Crippen molar-refractivity contribution < 1.29 is 0 Å². The van der Waals surface area contributed by atoms with Gasteiger partial charge in [0, 0.05) is 23.3 Å². The van der Waals surface area contributed by atoms with E-state index < -0.39 is 0 Å². The highest BCUT2D eigenvalue weighted by Crippen LogP contribution is 2.34. The van der Waals surface area contributed by atoms with Gasteiger partial charge in [0.25, 0.3) is 0 Å². The molecule has 0 aliphatic carbocycles. The smallest absolute Gasteiger partial charge is 0.0576 e. The molecule has 3 rings (SSSR count). The maximum atomic E-state index is 4.57. The molecule has 4 heteroatoms. The lowest BCUT2D eigenvalue weighted by molar-refractivity contribution is 0.189. The fourth-order valence-electron chi connectivity index (χ4n) is 3.05. The van der Waals surface area contributed by atoms with Gasteiger partial charge in [0.2, 0.25) is 0 Å². The zero-order valence-corrected chi connectivity index (χ0v) is 11.5. The number of hydrogen-bond acceptors (Lipinski definition) is 3. The summed E-state index contributed by atoms with van der Waals surface area (Å²) in [6.45, 7) is 3.55. The van der Waals surface area contributed by atoms with Crippen LogP contribution in [0.2, 0.25) is 0 Å². The predicted octanol–water partition coefficient (Wildman–Crippen LogP) is 2.34. The van der Waals surface area contributed by atoms with E-state index in [0.717, 1.165) is 11.0 Å². The Morgan fingerprint density at radius 3 is 3.00 bits per heavy atom. The second kappa shape index (κ2) is 5.04. The van der Waals surface area contributed by atoms with Crippen LogP contribution in [0, 0.1) is 0 Å². The summed E-state index contributed by atoms with van der Waals surface area (Å²) in [6, 6.07) is 5.52. The minimum atomic E-state index is 0.535. The van der Waals surface area contributed by atoms with Crippen LogP contribution in [0.25, 0.3) is 0 Å². The van der Waals surface area contributed by atoms with Crippen molar-refractivity contribution in [1.82, 2.24) is 15.2 Å². The quantitative estimate of drug-likeness (QED) is 0.908. The number of aromatic nitrogens is 1. The van der Waals surface area contributed by atoms with Gasteiger partial charge in [-0.3, -0.25) is 9.88 Å². The Morgan fingerprint density at radius 2 is 2.29 bits per heavy atom. The summed E-state index contributed by atoms with van der Waals surface area (Å²) in [7, 11) is 0. The number of hydrogen-bond donors (Lipinski definition) is 1. The van der Waals surface area contributed by atoms with Crippen LogP contribution in [0.4, 0.5) is 0 Å². The molecular weight excluding hydrogens is 278 g/mol. The summed E-state index contributed by atoms with van der Waals surface area (Å²) in [6.07, 6.45) is 5.76. The molecule has 0 amide bonds. The third-order valence-corrected chi connectivity index (χ3v) is 4.36. The van der Waals surface area contributed by atoms with E-state index in [2.05, 4.69) is 43.3 Å². The second-order valence-corrected chi connectivity index (χ2v) is 5.86. The van der Waals surface area contributed by atoms with Gasteiger partial charge in [-0.2, -0.15) is 0 Å². The summed E-state index contributed by atoms with van der Waals surface area (Å²) < 4.78 is 1.06. The summed E-state index contributed by atoms with van der Waals surface area (Å²) in [5.74, 6) is 0. The van der Waals surface area contributed by atoms with Crippen molar-refractivity contribution in [1.29, 1.82) is 0 Å². The number of nitrogens with zero attached hydrogens (tertiary/aromatic N) is 2. The molecule has 1 aromatic heterocycles. The Kier molecular flexibility index (Phi) is 3.45. The van der Waals surface area contributed by atoms with Crippen molar-refractivity contribution in [3.63, 3.8) is 0 Å². The Morgan fingerprint density at radius 1 is 1.35 bits per heavy atom. The van der Waals surface area contributed by atoms with Crippen LogP contribution < -0.4 is 5.32 Å². The highest BCUT2D eigenvalue weighted by molar-refractivity contribution is 9.10. The molecule has 2 saturated heterocycles. The normalized spacial score (nSPS) is 29.9. The monoisotopic (exact) mass is 295 g/mol. The van der Waals surface area contributed by atoms with Crippen molar-refractivity contribution in [2.45, 2.75) is 31.3 Å². The van der Waals surface area contributed by atoms with Gasteiger partial charge in [0.05, 0.1) is 11.7 Å². The Bertz CT molecular complexity index is 373. The molecule has 2 aliphatic rings. The van der Waals surface area contributed by atoms with E-state index in [1.807, 2.05) is 6.20 Å². The molecular formula is C13H18BrN3. The van der Waals surface area contributed by atoms with E-state index in [9.17, 15) is 0 Å². The standard InChI is InChI=1S/C13H18BrN3/c14-10-3-4-12(16-8-10)13-2-1-7-17(13)11-5-6-15-9-11/h3-4,8,11,13,15H,1-2,5-7,9H2. The summed E-state index contributed by atoms with van der Waals surface area (Å²) in [4.78, 5) is 7.22. The van der Waals surface area contributed by atoms with Gasteiger partial charge in [-0.25, -0.2) is 0 Å². The first-order valence-electron chi connectivity index (χ1n) is 6.42. The third kappa shape index (κ3) is 2.39. The molecule has 1 aromatic rings. The van der Waals surface area contributed by atoms with Crippen LogP contribution in [0.5, 0.6) is 0 Å². The van der Waals surface area contributed by atoms with Gasteiger partial charge in [0.15, 0.2) is 0 Å². The molecule has 17 heavy (non-hydrogen) atoms. The Labute approximate surface area is 111 Å². The molecule has 2 atom stereocenters. The Hall–Kier alpha value is -0.450. The first kappa shape index (κ1) is 11.6. The van der Waals surface area contributed by atoms with Crippen molar-refractivity contribution in [3.8, 4) is 0 Å². The molecule has 0 bridgehead atoms. The number of pyridine rings is 1. The van der Waals surface area contributed by atoms with E-state index in [1.54, 1.807) is 0 Å². The maximum Gasteiger partial charge on any atom is 0.0576 e. The van der Waals surface area contributed by atoms with E-state index in [0.29, 0.717) is 12.1 Å². The molecule has 92 valence electrons. The average molecular weight is 296 g/mol. The van der Waals surface area contributed by atoms with Crippen LogP contribution in [0.15, 0.2) is 22.8 Å². The first-order chi connectivity index (χ1) is 8.34. The minimum Gasteiger partial charge on any atom is -0.315 e. The van der Waals surface area contributed by atoms with Crippen LogP contribution in [0.3, 0.4) is 0 Å². The topological polar surface area (TPSA) is 28.2 Å². The molecule has 3 heterocycles. The highest BCUT2D eigenvalue weighted by Gasteiger charge is 2.33. The number of likely N-dealkylation sites (tertiary alicyclic amines) is 1. The average Bonchev–Trinajstić information content (AvgIpc) is 3.00. The van der Waals surface area contributed by atoms with E-state index >= 15 is 0 Å². The molecule has 0 radical (unpaired) electrons. The molecule has 1 N–H and O–H groups in total. The number of rotatable bonds is 2.